The van der Waals surface area contributed by atoms with Crippen LogP contribution in [0.5, 0.6) is 0 Å². The lowest BCUT2D eigenvalue weighted by atomic mass is 9.94. The molecule has 0 spiro atoms. The number of nitrogens with zero attached hydrogens (tertiary/aromatic N) is 2. The number of esters is 1. The number of benzene rings is 2. The van der Waals surface area contributed by atoms with Gasteiger partial charge in [-0.05, 0) is 80.3 Å². The third kappa shape index (κ3) is 6.50. The number of fused-ring (bicyclic) bond motifs is 1. The van der Waals surface area contributed by atoms with Gasteiger partial charge in [0.15, 0.2) is 0 Å². The van der Waals surface area contributed by atoms with E-state index in [-0.39, 0.29) is 12.3 Å². The van der Waals surface area contributed by atoms with Crippen LogP contribution < -0.4 is 5.73 Å². The summed E-state index contributed by atoms with van der Waals surface area (Å²) >= 11 is 0. The largest absolute Gasteiger partial charge is 0.465 e. The maximum Gasteiger partial charge on any atom is 0.322 e. The Bertz CT molecular complexity index is 1020. The van der Waals surface area contributed by atoms with Gasteiger partial charge in [0.1, 0.15) is 6.04 Å². The van der Waals surface area contributed by atoms with Crippen molar-refractivity contribution in [1.29, 1.82) is 0 Å². The van der Waals surface area contributed by atoms with Gasteiger partial charge in [0.05, 0.1) is 6.61 Å². The average molecular weight is 478 g/mol. The Kier molecular flexibility index (Phi) is 8.58. The highest BCUT2D eigenvalue weighted by atomic mass is 16.5. The molecule has 2 aromatic rings. The van der Waals surface area contributed by atoms with Crippen LogP contribution in [0.25, 0.3) is 11.1 Å². The van der Waals surface area contributed by atoms with Gasteiger partial charge in [-0.25, -0.2) is 0 Å². The first kappa shape index (κ1) is 25.4. The highest BCUT2D eigenvalue weighted by Gasteiger charge is 2.23. The zero-order chi connectivity index (χ0) is 24.8. The first-order chi connectivity index (χ1) is 16.9. The van der Waals surface area contributed by atoms with Crippen molar-refractivity contribution < 1.29 is 14.3 Å². The number of carbonyl (C=O) groups excluding carboxylic acids is 2. The van der Waals surface area contributed by atoms with Crippen LogP contribution in [0.4, 0.5) is 0 Å². The molecule has 35 heavy (non-hydrogen) atoms. The Morgan fingerprint density at radius 3 is 2.57 bits per heavy atom. The van der Waals surface area contributed by atoms with Gasteiger partial charge in [-0.2, -0.15) is 0 Å². The first-order valence-electron chi connectivity index (χ1n) is 13.1. The number of rotatable bonds is 9. The Balaban J connectivity index is 1.31. The summed E-state index contributed by atoms with van der Waals surface area (Å²) in [7, 11) is 0. The van der Waals surface area contributed by atoms with Crippen molar-refractivity contribution in [3.8, 4) is 11.1 Å². The Morgan fingerprint density at radius 2 is 1.86 bits per heavy atom. The van der Waals surface area contributed by atoms with Crippen molar-refractivity contribution in [2.24, 2.45) is 5.73 Å². The van der Waals surface area contributed by atoms with Crippen molar-refractivity contribution >= 4 is 11.9 Å². The Hall–Kier alpha value is -2.70. The molecule has 2 aromatic carbocycles. The van der Waals surface area contributed by atoms with Crippen molar-refractivity contribution in [2.45, 2.75) is 71.0 Å². The maximum absolute atomic E-state index is 12.7. The fraction of sp³-hybridized carbons (Fsp3) is 0.517. The highest BCUT2D eigenvalue weighted by Crippen LogP contribution is 2.27. The van der Waals surface area contributed by atoms with Gasteiger partial charge in [0.25, 0.3) is 0 Å². The molecule has 188 valence electrons. The fourth-order valence-electron chi connectivity index (χ4n) is 5.21. The second-order valence-corrected chi connectivity index (χ2v) is 9.92. The fourth-order valence-corrected chi connectivity index (χ4v) is 5.21. The number of hydrogen-bond acceptors (Lipinski definition) is 5. The van der Waals surface area contributed by atoms with E-state index >= 15 is 0 Å². The molecule has 0 aliphatic carbocycles. The average Bonchev–Trinajstić information content (AvgIpc) is 3.30. The first-order valence-corrected chi connectivity index (χ1v) is 13.1. The predicted octanol–water partition coefficient (Wildman–Crippen LogP) is 3.94. The molecule has 2 unspecified atom stereocenters. The maximum atomic E-state index is 12.7. The van der Waals surface area contributed by atoms with Gasteiger partial charge >= 0.3 is 5.97 Å². The highest BCUT2D eigenvalue weighted by molar-refractivity contribution is 5.79. The van der Waals surface area contributed by atoms with Crippen LogP contribution in [0, 0.1) is 0 Å². The summed E-state index contributed by atoms with van der Waals surface area (Å²) in [6, 6.07) is 15.5. The van der Waals surface area contributed by atoms with Gasteiger partial charge in [-0.1, -0.05) is 42.5 Å². The van der Waals surface area contributed by atoms with E-state index in [0.29, 0.717) is 26.1 Å². The predicted molar refractivity (Wildman–Crippen MR) is 139 cm³/mol. The molecule has 0 aromatic heterocycles. The minimum absolute atomic E-state index is 0.0402. The number of nitrogens with two attached hydrogens (primary N) is 1. The summed E-state index contributed by atoms with van der Waals surface area (Å²) in [5, 5.41) is 0. The molecule has 0 bridgehead atoms. The Labute approximate surface area is 209 Å². The number of carbonyl (C=O) groups is 2. The quantitative estimate of drug-likeness (QED) is 0.554. The van der Waals surface area contributed by atoms with E-state index in [1.165, 1.54) is 47.2 Å². The third-order valence-electron chi connectivity index (χ3n) is 7.50. The molecule has 6 heteroatoms. The van der Waals surface area contributed by atoms with Gasteiger partial charge in [0, 0.05) is 32.1 Å². The molecule has 2 N–H and O–H groups in total. The minimum atomic E-state index is -0.742. The van der Waals surface area contributed by atoms with Crippen LogP contribution in [0.2, 0.25) is 0 Å². The summed E-state index contributed by atoms with van der Waals surface area (Å²) in [5.74, 6) is -0.399. The lowest BCUT2D eigenvalue weighted by molar-refractivity contribution is -0.145. The van der Waals surface area contributed by atoms with Crippen molar-refractivity contribution in [1.82, 2.24) is 9.80 Å². The molecule has 6 nitrogen and oxygen atoms in total. The van der Waals surface area contributed by atoms with Crippen LogP contribution in [-0.4, -0.2) is 60.0 Å². The van der Waals surface area contributed by atoms with E-state index in [2.05, 4.69) is 54.3 Å². The molecule has 4 rings (SSSR count). The van der Waals surface area contributed by atoms with E-state index in [1.807, 2.05) is 4.90 Å². The lowest BCUT2D eigenvalue weighted by Crippen LogP contribution is -2.38. The van der Waals surface area contributed by atoms with E-state index in [1.54, 1.807) is 6.92 Å². The summed E-state index contributed by atoms with van der Waals surface area (Å²) in [6.45, 7) is 8.06. The summed E-state index contributed by atoms with van der Waals surface area (Å²) in [4.78, 5) is 28.8. The summed E-state index contributed by atoms with van der Waals surface area (Å²) < 4.78 is 4.93. The number of hydrogen-bond donors (Lipinski definition) is 1. The van der Waals surface area contributed by atoms with Crippen molar-refractivity contribution in [2.75, 3.05) is 26.2 Å². The molecule has 1 fully saturated rings. The molecule has 1 saturated heterocycles. The SMILES string of the molecule is CCOC(=O)C(N)CCC(=O)N1CCc2cc(-c3ccc(CCN4CCCC4C)cc3)ccc2C1. The molecular weight excluding hydrogens is 438 g/mol. The smallest absolute Gasteiger partial charge is 0.322 e. The lowest BCUT2D eigenvalue weighted by Gasteiger charge is -2.29. The van der Waals surface area contributed by atoms with Gasteiger partial charge in [0.2, 0.25) is 5.91 Å². The van der Waals surface area contributed by atoms with Crippen LogP contribution in [-0.2, 0) is 33.7 Å². The second kappa shape index (κ2) is 11.8. The van der Waals surface area contributed by atoms with Crippen LogP contribution >= 0.6 is 0 Å². The molecule has 0 saturated carbocycles. The standard InChI is InChI=1S/C29H39N3O3/c1-3-35-29(34)27(30)12-13-28(33)32-18-15-25-19-24(10-11-26(25)20-32)23-8-6-22(7-9-23)14-17-31-16-4-5-21(31)2/h6-11,19,21,27H,3-5,12-18,20,30H2,1-2H3. The number of amides is 1. The van der Waals surface area contributed by atoms with Gasteiger partial charge < -0.3 is 20.3 Å². The molecule has 2 heterocycles. The van der Waals surface area contributed by atoms with E-state index in [9.17, 15) is 9.59 Å². The van der Waals surface area contributed by atoms with Crippen LogP contribution in [0.3, 0.4) is 0 Å². The van der Waals surface area contributed by atoms with Crippen LogP contribution in [0.1, 0.15) is 56.2 Å². The van der Waals surface area contributed by atoms with Crippen LogP contribution in [0.15, 0.2) is 42.5 Å². The summed E-state index contributed by atoms with van der Waals surface area (Å²) in [6.07, 6.45) is 5.17. The van der Waals surface area contributed by atoms with Crippen molar-refractivity contribution in [3.05, 3.63) is 59.2 Å². The van der Waals surface area contributed by atoms with E-state index < -0.39 is 12.0 Å². The normalized spacial score (nSPS) is 18.8. The molecular formula is C29H39N3O3. The molecule has 2 aliphatic rings. The van der Waals surface area contributed by atoms with E-state index in [0.717, 1.165) is 25.4 Å². The molecule has 0 radical (unpaired) electrons. The van der Waals surface area contributed by atoms with Crippen molar-refractivity contribution in [3.63, 3.8) is 0 Å². The van der Waals surface area contributed by atoms with E-state index in [4.69, 9.17) is 10.5 Å². The zero-order valence-electron chi connectivity index (χ0n) is 21.2. The van der Waals surface area contributed by atoms with Gasteiger partial charge in [-0.3, -0.25) is 9.59 Å². The molecule has 1 amide bonds. The summed E-state index contributed by atoms with van der Waals surface area (Å²) in [5.41, 5.74) is 12.2. The van der Waals surface area contributed by atoms with Gasteiger partial charge in [-0.15, -0.1) is 0 Å². The minimum Gasteiger partial charge on any atom is -0.465 e. The number of likely N-dealkylation sites (tertiary alicyclic amines) is 1. The zero-order valence-corrected chi connectivity index (χ0v) is 21.2. The molecule has 2 aliphatic heterocycles. The number of ether oxygens (including phenoxy) is 1. The topological polar surface area (TPSA) is 75.9 Å². The third-order valence-corrected chi connectivity index (χ3v) is 7.50. The monoisotopic (exact) mass is 477 g/mol. The second-order valence-electron chi connectivity index (χ2n) is 9.92. The Morgan fingerprint density at radius 1 is 1.09 bits per heavy atom. The molecule has 2 atom stereocenters.